The van der Waals surface area contributed by atoms with Crippen LogP contribution in [0.4, 0.5) is 0 Å². The van der Waals surface area contributed by atoms with E-state index in [0.29, 0.717) is 6.61 Å². The molecular weight excluding hydrogens is 252 g/mol. The fourth-order valence-electron chi connectivity index (χ4n) is 2.43. The molecule has 0 bridgehead atoms. The molecule has 110 valence electrons. The van der Waals surface area contributed by atoms with Crippen LogP contribution in [0.2, 0.25) is 0 Å². The Kier molecular flexibility index (Phi) is 5.41. The highest BCUT2D eigenvalue weighted by molar-refractivity contribution is 5.81. The maximum atomic E-state index is 12.0. The van der Waals surface area contributed by atoms with Crippen molar-refractivity contribution in [1.29, 1.82) is 0 Å². The van der Waals surface area contributed by atoms with E-state index < -0.39 is 0 Å². The lowest BCUT2D eigenvalue weighted by Gasteiger charge is -2.29. The lowest BCUT2D eigenvalue weighted by molar-refractivity contribution is -0.123. The van der Waals surface area contributed by atoms with Crippen LogP contribution in [0.5, 0.6) is 5.75 Å². The van der Waals surface area contributed by atoms with Crippen molar-refractivity contribution >= 4 is 5.91 Å². The molecule has 1 aliphatic heterocycles. The second kappa shape index (κ2) is 7.29. The summed E-state index contributed by atoms with van der Waals surface area (Å²) < 4.78 is 5.63. The van der Waals surface area contributed by atoms with Gasteiger partial charge in [-0.25, -0.2) is 0 Å². The number of carbonyl (C=O) groups is 1. The first-order chi connectivity index (χ1) is 9.72. The minimum Gasteiger partial charge on any atom is -0.493 e. The van der Waals surface area contributed by atoms with Gasteiger partial charge in [-0.3, -0.25) is 10.1 Å². The predicted octanol–water partition coefficient (Wildman–Crippen LogP) is 2.40. The van der Waals surface area contributed by atoms with E-state index in [1.807, 2.05) is 25.1 Å². The number of ether oxygens (including phenoxy) is 1. The molecular formula is C16H24N2O2. The number of nitrogens with one attached hydrogen (secondary N) is 2. The Bertz CT molecular complexity index is 448. The Labute approximate surface area is 120 Å². The van der Waals surface area contributed by atoms with Crippen LogP contribution in [0.15, 0.2) is 24.3 Å². The van der Waals surface area contributed by atoms with Gasteiger partial charge in [0.2, 0.25) is 5.91 Å². The van der Waals surface area contributed by atoms with Gasteiger partial charge in [-0.05, 0) is 19.4 Å². The Morgan fingerprint density at radius 1 is 1.45 bits per heavy atom. The molecule has 2 rings (SSSR count). The van der Waals surface area contributed by atoms with Crippen LogP contribution in [0.25, 0.3) is 0 Å². The number of fused-ring (bicyclic) bond motifs is 1. The summed E-state index contributed by atoms with van der Waals surface area (Å²) in [5.41, 5.74) is 1.15. The van der Waals surface area contributed by atoms with E-state index in [4.69, 9.17) is 4.74 Å². The van der Waals surface area contributed by atoms with Crippen LogP contribution in [0.3, 0.4) is 0 Å². The topological polar surface area (TPSA) is 50.4 Å². The third-order valence-electron chi connectivity index (χ3n) is 3.63. The van der Waals surface area contributed by atoms with Gasteiger partial charge in [0, 0.05) is 24.6 Å². The van der Waals surface area contributed by atoms with Gasteiger partial charge in [-0.1, -0.05) is 31.5 Å². The smallest absolute Gasteiger partial charge is 0.236 e. The summed E-state index contributed by atoms with van der Waals surface area (Å²) in [6.07, 6.45) is 3.01. The van der Waals surface area contributed by atoms with E-state index in [-0.39, 0.29) is 18.0 Å². The zero-order valence-corrected chi connectivity index (χ0v) is 12.3. The van der Waals surface area contributed by atoms with Crippen LogP contribution < -0.4 is 15.4 Å². The molecule has 0 spiro atoms. The van der Waals surface area contributed by atoms with Crippen molar-refractivity contribution in [2.75, 3.05) is 13.2 Å². The first kappa shape index (κ1) is 14.9. The normalized spacial score (nSPS) is 18.8. The molecule has 1 aromatic carbocycles. The third kappa shape index (κ3) is 3.73. The first-order valence-electron chi connectivity index (χ1n) is 7.48. The number of para-hydroxylation sites is 1. The minimum atomic E-state index is -0.192. The number of amides is 1. The molecule has 4 heteroatoms. The van der Waals surface area contributed by atoms with Gasteiger partial charge in [-0.2, -0.15) is 0 Å². The molecule has 1 aromatic rings. The molecule has 0 radical (unpaired) electrons. The Balaban J connectivity index is 1.92. The van der Waals surface area contributed by atoms with Gasteiger partial charge < -0.3 is 10.1 Å². The average Bonchev–Trinajstić information content (AvgIpc) is 2.47. The van der Waals surface area contributed by atoms with Crippen molar-refractivity contribution in [3.05, 3.63) is 29.8 Å². The van der Waals surface area contributed by atoms with Gasteiger partial charge in [0.1, 0.15) is 5.75 Å². The summed E-state index contributed by atoms with van der Waals surface area (Å²) >= 11 is 0. The monoisotopic (exact) mass is 276 g/mol. The number of rotatable bonds is 6. The Hall–Kier alpha value is -1.55. The van der Waals surface area contributed by atoms with Crippen LogP contribution in [0, 0.1) is 0 Å². The zero-order chi connectivity index (χ0) is 14.4. The van der Waals surface area contributed by atoms with Crippen molar-refractivity contribution in [3.63, 3.8) is 0 Å². The van der Waals surface area contributed by atoms with Crippen LogP contribution in [0.1, 0.15) is 44.7 Å². The van der Waals surface area contributed by atoms with Crippen molar-refractivity contribution in [1.82, 2.24) is 10.6 Å². The molecule has 0 saturated carbocycles. The maximum Gasteiger partial charge on any atom is 0.236 e. The van der Waals surface area contributed by atoms with Crippen LogP contribution in [-0.2, 0) is 4.79 Å². The fourth-order valence-corrected chi connectivity index (χ4v) is 2.43. The molecule has 20 heavy (non-hydrogen) atoms. The molecule has 0 fully saturated rings. The molecule has 0 saturated heterocycles. The number of hydrogen-bond acceptors (Lipinski definition) is 3. The predicted molar refractivity (Wildman–Crippen MR) is 79.8 cm³/mol. The number of benzene rings is 1. The molecule has 0 aliphatic carbocycles. The second-order valence-corrected chi connectivity index (χ2v) is 5.26. The lowest BCUT2D eigenvalue weighted by Crippen LogP contribution is -2.44. The maximum absolute atomic E-state index is 12.0. The summed E-state index contributed by atoms with van der Waals surface area (Å²) in [5, 5.41) is 6.37. The van der Waals surface area contributed by atoms with E-state index in [9.17, 15) is 4.79 Å². The molecule has 2 atom stereocenters. The zero-order valence-electron chi connectivity index (χ0n) is 12.3. The fraction of sp³-hybridized carbons (Fsp3) is 0.562. The van der Waals surface area contributed by atoms with Crippen molar-refractivity contribution < 1.29 is 9.53 Å². The molecule has 1 amide bonds. The van der Waals surface area contributed by atoms with Gasteiger partial charge in [0.25, 0.3) is 0 Å². The largest absolute Gasteiger partial charge is 0.493 e. The third-order valence-corrected chi connectivity index (χ3v) is 3.63. The molecule has 4 nitrogen and oxygen atoms in total. The second-order valence-electron chi connectivity index (χ2n) is 5.26. The summed E-state index contributed by atoms with van der Waals surface area (Å²) in [6, 6.07) is 8.02. The standard InChI is InChI=1S/C16H24N2O2/c1-3-4-10-17-16(19)12(2)18-14-9-11-20-15-8-6-5-7-13(14)15/h5-8,12,14,18H,3-4,9-11H2,1-2H3,(H,17,19). The molecule has 0 aromatic heterocycles. The summed E-state index contributed by atoms with van der Waals surface area (Å²) in [6.45, 7) is 5.48. The Morgan fingerprint density at radius 2 is 2.25 bits per heavy atom. The van der Waals surface area contributed by atoms with Gasteiger partial charge >= 0.3 is 0 Å². The highest BCUT2D eigenvalue weighted by Crippen LogP contribution is 2.31. The summed E-state index contributed by atoms with van der Waals surface area (Å²) in [4.78, 5) is 12.0. The highest BCUT2D eigenvalue weighted by Gasteiger charge is 2.24. The SMILES string of the molecule is CCCCNC(=O)C(C)NC1CCOc2ccccc21. The quantitative estimate of drug-likeness (QED) is 0.784. The highest BCUT2D eigenvalue weighted by atomic mass is 16.5. The number of hydrogen-bond donors (Lipinski definition) is 2. The molecule has 1 heterocycles. The van der Waals surface area contributed by atoms with E-state index in [1.165, 1.54) is 0 Å². The van der Waals surface area contributed by atoms with Crippen molar-refractivity contribution in [2.45, 2.75) is 45.2 Å². The van der Waals surface area contributed by atoms with Gasteiger partial charge in [0.15, 0.2) is 0 Å². The number of carbonyl (C=O) groups excluding carboxylic acids is 1. The van der Waals surface area contributed by atoms with E-state index in [2.05, 4.69) is 23.6 Å². The van der Waals surface area contributed by atoms with Gasteiger partial charge in [-0.15, -0.1) is 0 Å². The van der Waals surface area contributed by atoms with E-state index >= 15 is 0 Å². The minimum absolute atomic E-state index is 0.0717. The van der Waals surface area contributed by atoms with Crippen molar-refractivity contribution in [3.8, 4) is 5.75 Å². The van der Waals surface area contributed by atoms with Gasteiger partial charge in [0.05, 0.1) is 12.6 Å². The van der Waals surface area contributed by atoms with Crippen molar-refractivity contribution in [2.24, 2.45) is 0 Å². The van der Waals surface area contributed by atoms with Crippen LogP contribution in [-0.4, -0.2) is 25.1 Å². The average molecular weight is 276 g/mol. The van der Waals surface area contributed by atoms with E-state index in [1.54, 1.807) is 0 Å². The summed E-state index contributed by atoms with van der Waals surface area (Å²) in [7, 11) is 0. The molecule has 2 unspecified atom stereocenters. The first-order valence-corrected chi connectivity index (χ1v) is 7.48. The Morgan fingerprint density at radius 3 is 3.05 bits per heavy atom. The van der Waals surface area contributed by atoms with Crippen LogP contribution >= 0.6 is 0 Å². The van der Waals surface area contributed by atoms with E-state index in [0.717, 1.165) is 37.1 Å². The summed E-state index contributed by atoms with van der Waals surface area (Å²) in [5.74, 6) is 0.997. The lowest BCUT2D eigenvalue weighted by atomic mass is 10.00. The molecule has 1 aliphatic rings. The molecule has 2 N–H and O–H groups in total. The number of unbranched alkanes of at least 4 members (excludes halogenated alkanes) is 1.